The van der Waals surface area contributed by atoms with Crippen LogP contribution in [0.2, 0.25) is 0 Å². The maximum atomic E-state index is 13.8. The van der Waals surface area contributed by atoms with Gasteiger partial charge in [-0.25, -0.2) is 4.79 Å². The van der Waals surface area contributed by atoms with Crippen molar-refractivity contribution < 1.29 is 27.8 Å². The van der Waals surface area contributed by atoms with Crippen molar-refractivity contribution in [3.63, 3.8) is 0 Å². The maximum Gasteiger partial charge on any atom is 0.381 e. The second kappa shape index (κ2) is 5.66. The molecule has 0 N–H and O–H groups in total. The van der Waals surface area contributed by atoms with Gasteiger partial charge in [-0.15, -0.1) is 0 Å². The molecule has 100 valence electrons. The summed E-state index contributed by atoms with van der Waals surface area (Å²) in [7, 11) is 2.67. The Morgan fingerprint density at radius 1 is 1.17 bits per heavy atom. The fourth-order valence-electron chi connectivity index (χ4n) is 1.33. The molecule has 0 saturated heterocycles. The van der Waals surface area contributed by atoms with E-state index in [0.29, 0.717) is 0 Å². The van der Waals surface area contributed by atoms with Gasteiger partial charge >= 0.3 is 11.9 Å². The van der Waals surface area contributed by atoms with E-state index in [9.17, 15) is 13.6 Å². The summed E-state index contributed by atoms with van der Waals surface area (Å²) >= 11 is 0. The number of halogens is 2. The summed E-state index contributed by atoms with van der Waals surface area (Å²) in [5, 5.41) is 0. The van der Waals surface area contributed by atoms with Crippen LogP contribution in [0, 0.1) is 0 Å². The molecule has 0 aliphatic rings. The van der Waals surface area contributed by atoms with E-state index < -0.39 is 17.5 Å². The number of methoxy groups -OCH3 is 2. The van der Waals surface area contributed by atoms with Crippen molar-refractivity contribution in [3.8, 4) is 11.5 Å². The smallest absolute Gasteiger partial charge is 0.381 e. The van der Waals surface area contributed by atoms with Gasteiger partial charge in [0.25, 0.3) is 0 Å². The Morgan fingerprint density at radius 3 is 2.06 bits per heavy atom. The summed E-state index contributed by atoms with van der Waals surface area (Å²) in [6.45, 7) is 1.34. The lowest BCUT2D eigenvalue weighted by Gasteiger charge is -2.16. The molecule has 0 fully saturated rings. The van der Waals surface area contributed by atoms with Crippen LogP contribution in [-0.2, 0) is 15.5 Å². The highest BCUT2D eigenvalue weighted by molar-refractivity contribution is 5.79. The number of rotatable bonds is 5. The first-order valence-electron chi connectivity index (χ1n) is 5.24. The molecule has 0 radical (unpaired) electrons. The number of hydrogen-bond acceptors (Lipinski definition) is 4. The first-order valence-corrected chi connectivity index (χ1v) is 5.24. The second-order valence-corrected chi connectivity index (χ2v) is 3.40. The molecule has 18 heavy (non-hydrogen) atoms. The van der Waals surface area contributed by atoms with Crippen molar-refractivity contribution in [3.05, 3.63) is 23.8 Å². The normalized spacial score (nSPS) is 10.9. The molecular formula is C12H14F2O4. The predicted molar refractivity (Wildman–Crippen MR) is 60.1 cm³/mol. The van der Waals surface area contributed by atoms with Crippen LogP contribution in [-0.4, -0.2) is 26.8 Å². The zero-order valence-corrected chi connectivity index (χ0v) is 10.3. The number of benzene rings is 1. The number of ether oxygens (including phenoxy) is 3. The Bertz CT molecular complexity index is 410. The average molecular weight is 260 g/mol. The number of carbonyl (C=O) groups excluding carboxylic acids is 1. The molecule has 0 aromatic heterocycles. The molecule has 0 atom stereocenters. The third kappa shape index (κ3) is 2.88. The van der Waals surface area contributed by atoms with E-state index in [4.69, 9.17) is 9.47 Å². The van der Waals surface area contributed by atoms with Crippen LogP contribution >= 0.6 is 0 Å². The molecule has 0 aliphatic carbocycles. The molecule has 0 saturated carbocycles. The monoisotopic (exact) mass is 260 g/mol. The summed E-state index contributed by atoms with van der Waals surface area (Å²) in [6.07, 6.45) is 0. The van der Waals surface area contributed by atoms with Crippen molar-refractivity contribution in [1.29, 1.82) is 0 Å². The van der Waals surface area contributed by atoms with Crippen LogP contribution in [0.25, 0.3) is 0 Å². The topological polar surface area (TPSA) is 44.8 Å². The summed E-state index contributed by atoms with van der Waals surface area (Å²) in [5.74, 6) is -4.99. The van der Waals surface area contributed by atoms with Crippen LogP contribution in [0.15, 0.2) is 18.2 Å². The molecule has 0 spiro atoms. The molecule has 6 heteroatoms. The van der Waals surface area contributed by atoms with Crippen LogP contribution in [0.3, 0.4) is 0 Å². The summed E-state index contributed by atoms with van der Waals surface area (Å²) in [4.78, 5) is 11.2. The van der Waals surface area contributed by atoms with Crippen LogP contribution in [0.1, 0.15) is 12.5 Å². The lowest BCUT2D eigenvalue weighted by molar-refractivity contribution is -0.173. The summed E-state index contributed by atoms with van der Waals surface area (Å²) in [6, 6.07) is 3.57. The number of alkyl halides is 2. The quantitative estimate of drug-likeness (QED) is 0.762. The third-order valence-corrected chi connectivity index (χ3v) is 2.25. The van der Waals surface area contributed by atoms with Crippen molar-refractivity contribution in [2.45, 2.75) is 12.8 Å². The Balaban J connectivity index is 3.17. The minimum atomic E-state index is -3.74. The van der Waals surface area contributed by atoms with Crippen LogP contribution < -0.4 is 9.47 Å². The molecule has 1 aromatic rings. The van der Waals surface area contributed by atoms with E-state index >= 15 is 0 Å². The fourth-order valence-corrected chi connectivity index (χ4v) is 1.33. The standard InChI is InChI=1S/C12H14F2O4/c1-4-18-11(15)12(13,14)8-5-9(16-2)7-10(6-8)17-3/h5-7H,4H2,1-3H3. The zero-order valence-electron chi connectivity index (χ0n) is 10.3. The van der Waals surface area contributed by atoms with Gasteiger partial charge in [0, 0.05) is 11.6 Å². The predicted octanol–water partition coefficient (Wildman–Crippen LogP) is 2.36. The third-order valence-electron chi connectivity index (χ3n) is 2.25. The van der Waals surface area contributed by atoms with E-state index in [1.165, 1.54) is 27.2 Å². The lowest BCUT2D eigenvalue weighted by atomic mass is 10.1. The molecule has 1 aromatic carbocycles. The molecule has 0 bridgehead atoms. The first kappa shape index (κ1) is 14.2. The molecule has 0 unspecified atom stereocenters. The average Bonchev–Trinajstić information content (AvgIpc) is 2.38. The van der Waals surface area contributed by atoms with Crippen molar-refractivity contribution in [2.24, 2.45) is 0 Å². The highest BCUT2D eigenvalue weighted by Gasteiger charge is 2.43. The minimum Gasteiger partial charge on any atom is -0.497 e. The largest absolute Gasteiger partial charge is 0.497 e. The van der Waals surface area contributed by atoms with E-state index in [2.05, 4.69) is 4.74 Å². The van der Waals surface area contributed by atoms with Gasteiger partial charge in [-0.2, -0.15) is 8.78 Å². The van der Waals surface area contributed by atoms with Gasteiger partial charge in [-0.3, -0.25) is 0 Å². The first-order chi connectivity index (χ1) is 8.45. The number of carbonyl (C=O) groups is 1. The molecule has 0 aliphatic heterocycles. The lowest BCUT2D eigenvalue weighted by Crippen LogP contribution is -2.28. The van der Waals surface area contributed by atoms with Gasteiger partial charge in [0.05, 0.1) is 20.8 Å². The highest BCUT2D eigenvalue weighted by Crippen LogP contribution is 2.34. The van der Waals surface area contributed by atoms with Gasteiger partial charge in [0.2, 0.25) is 0 Å². The molecule has 0 heterocycles. The zero-order chi connectivity index (χ0) is 13.8. The highest BCUT2D eigenvalue weighted by atomic mass is 19.3. The van der Waals surface area contributed by atoms with Crippen LogP contribution in [0.4, 0.5) is 8.78 Å². The van der Waals surface area contributed by atoms with Gasteiger partial charge < -0.3 is 14.2 Å². The van der Waals surface area contributed by atoms with Crippen LogP contribution in [0.5, 0.6) is 11.5 Å². The summed E-state index contributed by atoms with van der Waals surface area (Å²) < 4.78 is 41.6. The molecule has 4 nitrogen and oxygen atoms in total. The van der Waals surface area contributed by atoms with Crippen molar-refractivity contribution in [1.82, 2.24) is 0 Å². The minimum absolute atomic E-state index is 0.116. The van der Waals surface area contributed by atoms with Gasteiger partial charge in [-0.05, 0) is 19.1 Å². The van der Waals surface area contributed by atoms with E-state index in [1.54, 1.807) is 0 Å². The summed E-state index contributed by atoms with van der Waals surface area (Å²) in [5.41, 5.74) is -0.530. The van der Waals surface area contributed by atoms with Gasteiger partial charge in [0.15, 0.2) is 0 Å². The Morgan fingerprint density at radius 2 is 1.67 bits per heavy atom. The SMILES string of the molecule is CCOC(=O)C(F)(F)c1cc(OC)cc(OC)c1. The van der Waals surface area contributed by atoms with E-state index in [-0.39, 0.29) is 18.1 Å². The Hall–Kier alpha value is -1.85. The molecule has 0 amide bonds. The second-order valence-electron chi connectivity index (χ2n) is 3.40. The molecular weight excluding hydrogens is 246 g/mol. The fraction of sp³-hybridized carbons (Fsp3) is 0.417. The van der Waals surface area contributed by atoms with E-state index in [1.807, 2.05) is 0 Å². The Labute approximate surface area is 103 Å². The van der Waals surface area contributed by atoms with Crippen molar-refractivity contribution in [2.75, 3.05) is 20.8 Å². The maximum absolute atomic E-state index is 13.8. The van der Waals surface area contributed by atoms with E-state index in [0.717, 1.165) is 12.1 Å². The Kier molecular flexibility index (Phi) is 4.47. The van der Waals surface area contributed by atoms with Gasteiger partial charge in [0.1, 0.15) is 11.5 Å². The number of hydrogen-bond donors (Lipinski definition) is 0. The number of esters is 1. The van der Waals surface area contributed by atoms with Crippen molar-refractivity contribution >= 4 is 5.97 Å². The van der Waals surface area contributed by atoms with Gasteiger partial charge in [-0.1, -0.05) is 0 Å². The molecule has 1 rings (SSSR count).